The summed E-state index contributed by atoms with van der Waals surface area (Å²) in [6.07, 6.45) is 90.8. The van der Waals surface area contributed by atoms with Crippen LogP contribution in [0.2, 0.25) is 0 Å². The fraction of sp³-hybridized carbons (Fsp3) is 0.712. The van der Waals surface area contributed by atoms with E-state index >= 15 is 0 Å². The van der Waals surface area contributed by atoms with Crippen LogP contribution in [0, 0.1) is 0 Å². The SMILES string of the molecule is CC/C=C\C/C=C\C/C=C\C/C=C\C/C=C\C/C=C\C/C=C\C/C=C\C/C=C\CCCCCCCCCCCCCC(=O)NC(CO)C(O)CCCCCCCCCCCCCCCCCCCCC. The van der Waals surface area contributed by atoms with Crippen molar-refractivity contribution in [1.29, 1.82) is 0 Å². The largest absolute Gasteiger partial charge is 0.394 e. The molecule has 2 atom stereocenters. The number of amides is 1. The van der Waals surface area contributed by atoms with Gasteiger partial charge in [0.25, 0.3) is 0 Å². The molecule has 2 unspecified atom stereocenters. The minimum Gasteiger partial charge on any atom is -0.394 e. The number of aliphatic hydroxyl groups is 2. The summed E-state index contributed by atoms with van der Waals surface area (Å²) >= 11 is 0. The van der Waals surface area contributed by atoms with Gasteiger partial charge in [-0.2, -0.15) is 0 Å². The Morgan fingerprint density at radius 2 is 0.629 bits per heavy atom. The second-order valence-electron chi connectivity index (χ2n) is 20.0. The van der Waals surface area contributed by atoms with Gasteiger partial charge in [0.05, 0.1) is 18.8 Å². The van der Waals surface area contributed by atoms with Crippen LogP contribution in [0.3, 0.4) is 0 Å². The van der Waals surface area contributed by atoms with Gasteiger partial charge in [0.2, 0.25) is 5.91 Å². The van der Waals surface area contributed by atoms with E-state index < -0.39 is 12.1 Å². The summed E-state index contributed by atoms with van der Waals surface area (Å²) in [5.74, 6) is -0.0362. The van der Waals surface area contributed by atoms with Gasteiger partial charge in [-0.15, -0.1) is 0 Å². The standard InChI is InChI=1S/C66H115NO3/c1-3-5-7-9-11-13-15-17-19-21-23-24-25-26-27-28-29-30-31-32-33-34-35-36-37-38-39-40-41-42-44-46-48-50-52-54-56-58-60-62-66(70)67-64(63-68)65(69)61-59-57-55-53-51-49-47-45-43-22-20-18-16-14-12-10-8-6-4-2/h5,7,11,13,17,19,23-24,26-27,29-30,32-33,35-36,38-39,64-65,68-69H,3-4,6,8-10,12,14-16,18,20-22,25,28,31,34,37,40-63H2,1-2H3,(H,67,70)/b7-5-,13-11-,19-17-,24-23-,27-26-,30-29-,33-32-,36-35-,39-38-. The predicted molar refractivity (Wildman–Crippen MR) is 313 cm³/mol. The molecule has 0 radical (unpaired) electrons. The van der Waals surface area contributed by atoms with Crippen molar-refractivity contribution < 1.29 is 15.0 Å². The third kappa shape index (κ3) is 56.0. The van der Waals surface area contributed by atoms with Crippen molar-refractivity contribution in [3.8, 4) is 0 Å². The lowest BCUT2D eigenvalue weighted by molar-refractivity contribution is -0.123. The molecule has 0 aromatic carbocycles. The highest BCUT2D eigenvalue weighted by Gasteiger charge is 2.20. The van der Waals surface area contributed by atoms with Gasteiger partial charge in [0.15, 0.2) is 0 Å². The Morgan fingerprint density at radius 1 is 0.357 bits per heavy atom. The van der Waals surface area contributed by atoms with Crippen LogP contribution in [0.1, 0.15) is 284 Å². The lowest BCUT2D eigenvalue weighted by atomic mass is 10.0. The number of aliphatic hydroxyl groups excluding tert-OH is 2. The van der Waals surface area contributed by atoms with Crippen LogP contribution in [0.25, 0.3) is 0 Å². The van der Waals surface area contributed by atoms with Crippen LogP contribution in [-0.2, 0) is 4.79 Å². The highest BCUT2D eigenvalue weighted by molar-refractivity contribution is 5.76. The van der Waals surface area contributed by atoms with Gasteiger partial charge in [-0.25, -0.2) is 0 Å². The van der Waals surface area contributed by atoms with Gasteiger partial charge in [-0.1, -0.05) is 303 Å². The van der Waals surface area contributed by atoms with E-state index in [-0.39, 0.29) is 12.5 Å². The fourth-order valence-electron chi connectivity index (χ4n) is 8.77. The molecule has 0 aromatic rings. The maximum atomic E-state index is 12.5. The Labute approximate surface area is 436 Å². The monoisotopic (exact) mass is 970 g/mol. The fourth-order valence-corrected chi connectivity index (χ4v) is 8.77. The van der Waals surface area contributed by atoms with Gasteiger partial charge >= 0.3 is 0 Å². The van der Waals surface area contributed by atoms with Crippen LogP contribution < -0.4 is 5.32 Å². The molecule has 1 amide bonds. The van der Waals surface area contributed by atoms with Crippen LogP contribution in [0.15, 0.2) is 109 Å². The van der Waals surface area contributed by atoms with Crippen LogP contribution in [0.4, 0.5) is 0 Å². The molecule has 0 aromatic heterocycles. The summed E-state index contributed by atoms with van der Waals surface area (Å²) in [5.41, 5.74) is 0. The number of hydrogen-bond acceptors (Lipinski definition) is 3. The average Bonchev–Trinajstić information content (AvgIpc) is 3.36. The van der Waals surface area contributed by atoms with E-state index in [1.54, 1.807) is 0 Å². The maximum Gasteiger partial charge on any atom is 0.220 e. The molecule has 0 aliphatic rings. The van der Waals surface area contributed by atoms with Crippen molar-refractivity contribution in [3.63, 3.8) is 0 Å². The summed E-state index contributed by atoms with van der Waals surface area (Å²) < 4.78 is 0. The predicted octanol–water partition coefficient (Wildman–Crippen LogP) is 20.3. The Balaban J connectivity index is 3.55. The first kappa shape index (κ1) is 67.0. The zero-order chi connectivity index (χ0) is 50.6. The van der Waals surface area contributed by atoms with Crippen molar-refractivity contribution in [3.05, 3.63) is 109 Å². The molecule has 402 valence electrons. The molecule has 4 heteroatoms. The molecule has 3 N–H and O–H groups in total. The third-order valence-electron chi connectivity index (χ3n) is 13.3. The van der Waals surface area contributed by atoms with Gasteiger partial charge in [0, 0.05) is 6.42 Å². The molecule has 0 fully saturated rings. The summed E-state index contributed by atoms with van der Waals surface area (Å²) in [6.45, 7) is 4.26. The van der Waals surface area contributed by atoms with E-state index in [0.717, 1.165) is 83.5 Å². The van der Waals surface area contributed by atoms with Gasteiger partial charge in [-0.05, 0) is 83.5 Å². The number of nitrogens with one attached hydrogen (secondary N) is 1. The number of allylic oxidation sites excluding steroid dienone is 18. The topological polar surface area (TPSA) is 69.6 Å². The van der Waals surface area contributed by atoms with Crippen LogP contribution in [-0.4, -0.2) is 34.9 Å². The molecule has 0 saturated carbocycles. The summed E-state index contributed by atoms with van der Waals surface area (Å²) in [5, 5.41) is 23.4. The van der Waals surface area contributed by atoms with Crippen LogP contribution in [0.5, 0.6) is 0 Å². The first-order chi connectivity index (χ1) is 34.7. The van der Waals surface area contributed by atoms with Crippen molar-refractivity contribution in [2.24, 2.45) is 0 Å². The number of carbonyl (C=O) groups is 1. The van der Waals surface area contributed by atoms with Crippen molar-refractivity contribution in [2.75, 3.05) is 6.61 Å². The highest BCUT2D eigenvalue weighted by atomic mass is 16.3. The molecule has 4 nitrogen and oxygen atoms in total. The first-order valence-electron chi connectivity index (χ1n) is 30.1. The molecule has 0 aliphatic heterocycles. The van der Waals surface area contributed by atoms with E-state index in [1.165, 1.54) is 173 Å². The molecular formula is C66H115NO3. The van der Waals surface area contributed by atoms with E-state index in [0.29, 0.717) is 12.8 Å². The molecule has 0 heterocycles. The normalized spacial score (nSPS) is 13.6. The number of rotatable bonds is 54. The summed E-state index contributed by atoms with van der Waals surface area (Å²) in [6, 6.07) is -0.545. The molecule has 0 saturated heterocycles. The van der Waals surface area contributed by atoms with E-state index in [2.05, 4.69) is 129 Å². The molecule has 0 bridgehead atoms. The van der Waals surface area contributed by atoms with E-state index in [4.69, 9.17) is 0 Å². The van der Waals surface area contributed by atoms with Gasteiger partial charge in [0.1, 0.15) is 0 Å². The second kappa shape index (κ2) is 60.4. The van der Waals surface area contributed by atoms with Gasteiger partial charge < -0.3 is 15.5 Å². The smallest absolute Gasteiger partial charge is 0.220 e. The lowest BCUT2D eigenvalue weighted by Gasteiger charge is -2.22. The maximum absolute atomic E-state index is 12.5. The Hall–Kier alpha value is -2.95. The molecular weight excluding hydrogens is 855 g/mol. The van der Waals surface area contributed by atoms with Gasteiger partial charge in [-0.3, -0.25) is 4.79 Å². The first-order valence-corrected chi connectivity index (χ1v) is 30.1. The average molecular weight is 971 g/mol. The Morgan fingerprint density at radius 3 is 0.943 bits per heavy atom. The zero-order valence-electron chi connectivity index (χ0n) is 46.3. The molecule has 70 heavy (non-hydrogen) atoms. The summed E-state index contributed by atoms with van der Waals surface area (Å²) in [4.78, 5) is 12.5. The number of unbranched alkanes of at least 4 members (excludes halogenated alkanes) is 29. The number of hydrogen-bond donors (Lipinski definition) is 3. The molecule has 0 spiro atoms. The minimum atomic E-state index is -0.667. The van der Waals surface area contributed by atoms with Crippen molar-refractivity contribution >= 4 is 5.91 Å². The van der Waals surface area contributed by atoms with E-state index in [1.807, 2.05) is 0 Å². The van der Waals surface area contributed by atoms with Crippen molar-refractivity contribution in [1.82, 2.24) is 5.32 Å². The van der Waals surface area contributed by atoms with E-state index in [9.17, 15) is 15.0 Å². The quantitative estimate of drug-likeness (QED) is 0.0420. The third-order valence-corrected chi connectivity index (χ3v) is 13.3. The zero-order valence-corrected chi connectivity index (χ0v) is 46.3. The minimum absolute atomic E-state index is 0.0362. The summed E-state index contributed by atoms with van der Waals surface area (Å²) in [7, 11) is 0. The lowest BCUT2D eigenvalue weighted by Crippen LogP contribution is -2.45. The Kier molecular flexibility index (Phi) is 57.8. The van der Waals surface area contributed by atoms with Crippen LogP contribution >= 0.6 is 0 Å². The molecule has 0 aliphatic carbocycles. The Bertz CT molecular complexity index is 1330. The van der Waals surface area contributed by atoms with Crippen molar-refractivity contribution in [2.45, 2.75) is 296 Å². The number of carbonyl (C=O) groups excluding carboxylic acids is 1. The molecule has 0 rings (SSSR count). The second-order valence-corrected chi connectivity index (χ2v) is 20.0. The highest BCUT2D eigenvalue weighted by Crippen LogP contribution is 2.17.